The highest BCUT2D eigenvalue weighted by molar-refractivity contribution is 6.16. The van der Waals surface area contributed by atoms with Gasteiger partial charge >= 0.3 is 5.97 Å². The number of aryl methyl sites for hydroxylation is 1. The minimum absolute atomic E-state index is 0.269. The topological polar surface area (TPSA) is 61.3 Å². The maximum absolute atomic E-state index is 11.3. The van der Waals surface area contributed by atoms with E-state index in [1.54, 1.807) is 12.1 Å². The van der Waals surface area contributed by atoms with Gasteiger partial charge in [-0.25, -0.2) is 14.8 Å². The van der Waals surface area contributed by atoms with Gasteiger partial charge in [0.25, 0.3) is 0 Å². The minimum Gasteiger partial charge on any atom is -0.492 e. The fourth-order valence-corrected chi connectivity index (χ4v) is 1.68. The van der Waals surface area contributed by atoms with E-state index in [9.17, 15) is 4.79 Å². The number of halogens is 1. The van der Waals surface area contributed by atoms with Crippen molar-refractivity contribution in [3.8, 4) is 5.75 Å². The van der Waals surface area contributed by atoms with Crippen LogP contribution in [0, 0.1) is 6.92 Å². The van der Waals surface area contributed by atoms with Crippen molar-refractivity contribution >= 4 is 28.9 Å². The molecular weight excluding hydrogens is 256 g/mol. The number of ether oxygens (including phenoxy) is 1. The Morgan fingerprint density at radius 2 is 2.22 bits per heavy atom. The molecule has 0 spiro atoms. The highest BCUT2D eigenvalue weighted by Gasteiger charge is 2.10. The van der Waals surface area contributed by atoms with Gasteiger partial charge in [-0.1, -0.05) is 0 Å². The van der Waals surface area contributed by atoms with Crippen LogP contribution in [0.15, 0.2) is 18.3 Å². The minimum atomic E-state index is -0.649. The Balaban J connectivity index is 2.54. The number of hydrogen-bond donors (Lipinski definition) is 0. The molecule has 0 aliphatic rings. The first-order valence-electron chi connectivity index (χ1n) is 5.38. The first kappa shape index (κ1) is 12.6. The summed E-state index contributed by atoms with van der Waals surface area (Å²) in [6, 6.07) is 3.40. The highest BCUT2D eigenvalue weighted by Crippen LogP contribution is 2.22. The van der Waals surface area contributed by atoms with E-state index in [0.717, 1.165) is 5.69 Å². The molecule has 0 unspecified atom stereocenters. The lowest BCUT2D eigenvalue weighted by Gasteiger charge is -2.07. The summed E-state index contributed by atoms with van der Waals surface area (Å²) in [6.07, 6.45) is 1.37. The fourth-order valence-electron chi connectivity index (χ4n) is 1.59. The summed E-state index contributed by atoms with van der Waals surface area (Å²) in [5.41, 5.74) is 1.57. The van der Waals surface area contributed by atoms with E-state index in [-0.39, 0.29) is 5.56 Å². The van der Waals surface area contributed by atoms with E-state index in [1.165, 1.54) is 6.20 Å². The molecule has 18 heavy (non-hydrogen) atoms. The molecule has 2 rings (SSSR count). The number of pyridine rings is 2. The summed E-state index contributed by atoms with van der Waals surface area (Å²) in [7, 11) is 0. The molecule has 2 aromatic heterocycles. The van der Waals surface area contributed by atoms with Crippen molar-refractivity contribution in [3.63, 3.8) is 0 Å². The van der Waals surface area contributed by atoms with Crippen LogP contribution in [0.5, 0.6) is 5.75 Å². The largest absolute Gasteiger partial charge is 0.492 e. The van der Waals surface area contributed by atoms with E-state index in [0.29, 0.717) is 23.4 Å². The van der Waals surface area contributed by atoms with Crippen LogP contribution in [-0.2, 0) is 4.29 Å². The number of fused-ring (bicyclic) bond motifs is 1. The zero-order valence-corrected chi connectivity index (χ0v) is 10.7. The smallest absolute Gasteiger partial charge is 0.357 e. The zero-order valence-electron chi connectivity index (χ0n) is 9.94. The Bertz CT molecular complexity index is 601. The molecule has 0 atom stereocenters. The molecule has 0 amide bonds. The van der Waals surface area contributed by atoms with E-state index in [2.05, 4.69) is 14.3 Å². The molecule has 0 radical (unpaired) electrons. The van der Waals surface area contributed by atoms with Crippen molar-refractivity contribution < 1.29 is 13.8 Å². The number of rotatable bonds is 3. The van der Waals surface area contributed by atoms with Gasteiger partial charge in [-0.05, 0) is 26.0 Å². The first-order chi connectivity index (χ1) is 8.65. The molecular formula is C12H11ClN2O3. The highest BCUT2D eigenvalue weighted by atomic mass is 35.5. The maximum atomic E-state index is 11.3. The molecule has 5 nitrogen and oxygen atoms in total. The number of aromatic nitrogens is 2. The second-order valence-corrected chi connectivity index (χ2v) is 3.79. The zero-order chi connectivity index (χ0) is 13.1. The third kappa shape index (κ3) is 2.36. The Morgan fingerprint density at radius 3 is 2.89 bits per heavy atom. The summed E-state index contributed by atoms with van der Waals surface area (Å²) in [4.78, 5) is 19.7. The lowest BCUT2D eigenvalue weighted by Crippen LogP contribution is -2.01. The van der Waals surface area contributed by atoms with Gasteiger partial charge in [-0.2, -0.15) is 0 Å². The van der Waals surface area contributed by atoms with Gasteiger partial charge in [0.2, 0.25) is 0 Å². The monoisotopic (exact) mass is 266 g/mol. The van der Waals surface area contributed by atoms with Crippen molar-refractivity contribution in [1.29, 1.82) is 0 Å². The number of hydrogen-bond acceptors (Lipinski definition) is 5. The second kappa shape index (κ2) is 5.18. The van der Waals surface area contributed by atoms with Gasteiger partial charge in [-0.15, -0.1) is 0 Å². The van der Waals surface area contributed by atoms with Crippen LogP contribution < -0.4 is 4.74 Å². The normalized spacial score (nSPS) is 10.4. The number of carbonyl (C=O) groups is 1. The van der Waals surface area contributed by atoms with Crippen LogP contribution in [0.1, 0.15) is 23.0 Å². The van der Waals surface area contributed by atoms with Crippen LogP contribution in [0.4, 0.5) is 0 Å². The predicted molar refractivity (Wildman–Crippen MR) is 66.7 cm³/mol. The van der Waals surface area contributed by atoms with Crippen molar-refractivity contribution in [2.45, 2.75) is 13.8 Å². The predicted octanol–water partition coefficient (Wildman–Crippen LogP) is 2.65. The average molecular weight is 267 g/mol. The van der Waals surface area contributed by atoms with Gasteiger partial charge in [-0.3, -0.25) is 0 Å². The molecule has 6 heteroatoms. The Hall–Kier alpha value is -1.88. The lowest BCUT2D eigenvalue weighted by atomic mass is 10.2. The molecule has 0 N–H and O–H groups in total. The van der Waals surface area contributed by atoms with E-state index < -0.39 is 5.97 Å². The Labute approximate surface area is 109 Å². The summed E-state index contributed by atoms with van der Waals surface area (Å²) >= 11 is 5.03. The van der Waals surface area contributed by atoms with Crippen LogP contribution >= 0.6 is 11.9 Å². The van der Waals surface area contributed by atoms with E-state index in [4.69, 9.17) is 16.6 Å². The summed E-state index contributed by atoms with van der Waals surface area (Å²) in [6.45, 7) is 4.28. The van der Waals surface area contributed by atoms with Crippen LogP contribution in [0.2, 0.25) is 0 Å². The number of carbonyl (C=O) groups excluding carboxylic acids is 1. The Kier molecular flexibility index (Phi) is 3.62. The second-order valence-electron chi connectivity index (χ2n) is 3.64. The average Bonchev–Trinajstić information content (AvgIpc) is 2.38. The quantitative estimate of drug-likeness (QED) is 0.855. The molecule has 0 aliphatic carbocycles. The molecule has 0 saturated heterocycles. The lowest BCUT2D eigenvalue weighted by molar-refractivity contribution is 0.0751. The molecule has 0 aliphatic heterocycles. The number of nitrogens with zero attached hydrogens (tertiary/aromatic N) is 2. The molecule has 0 saturated carbocycles. The van der Waals surface area contributed by atoms with Crippen molar-refractivity contribution in [2.24, 2.45) is 0 Å². The van der Waals surface area contributed by atoms with Gasteiger partial charge < -0.3 is 9.03 Å². The van der Waals surface area contributed by atoms with E-state index >= 15 is 0 Å². The molecule has 0 aromatic carbocycles. The summed E-state index contributed by atoms with van der Waals surface area (Å²) in [5.74, 6) is 0.0211. The molecule has 2 heterocycles. The fraction of sp³-hybridized carbons (Fsp3) is 0.250. The van der Waals surface area contributed by atoms with Crippen molar-refractivity contribution in [3.05, 3.63) is 29.6 Å². The Morgan fingerprint density at radius 1 is 1.44 bits per heavy atom. The summed E-state index contributed by atoms with van der Waals surface area (Å²) in [5, 5.41) is 0.698. The van der Waals surface area contributed by atoms with Gasteiger partial charge in [0.15, 0.2) is 5.65 Å². The van der Waals surface area contributed by atoms with Gasteiger partial charge in [0.1, 0.15) is 17.6 Å². The van der Waals surface area contributed by atoms with Gasteiger partial charge in [0.05, 0.1) is 17.9 Å². The molecule has 0 bridgehead atoms. The van der Waals surface area contributed by atoms with Crippen LogP contribution in [0.3, 0.4) is 0 Å². The third-order valence-corrected chi connectivity index (χ3v) is 2.56. The van der Waals surface area contributed by atoms with Crippen molar-refractivity contribution in [2.75, 3.05) is 6.61 Å². The van der Waals surface area contributed by atoms with Crippen LogP contribution in [-0.4, -0.2) is 22.5 Å². The first-order valence-corrected chi connectivity index (χ1v) is 5.69. The third-order valence-electron chi connectivity index (χ3n) is 2.42. The molecule has 0 fully saturated rings. The standard InChI is InChI=1S/C12H11ClN2O3/c1-3-17-10-5-8-4-9(12(16)18-13)6-14-11(8)15-7(10)2/h4-6H,3H2,1-2H3. The summed E-state index contributed by atoms with van der Waals surface area (Å²) < 4.78 is 9.57. The SMILES string of the molecule is CCOc1cc2cc(C(=O)OCl)cnc2nc1C. The molecule has 2 aromatic rings. The van der Waals surface area contributed by atoms with Crippen molar-refractivity contribution in [1.82, 2.24) is 9.97 Å². The molecule has 94 valence electrons. The van der Waals surface area contributed by atoms with Crippen LogP contribution in [0.25, 0.3) is 11.0 Å². The van der Waals surface area contributed by atoms with Gasteiger partial charge in [0, 0.05) is 11.6 Å². The van der Waals surface area contributed by atoms with E-state index in [1.807, 2.05) is 13.8 Å². The maximum Gasteiger partial charge on any atom is 0.357 e.